The monoisotopic (exact) mass is 355 g/mol. The molecular weight excluding hydrogens is 338 g/mol. The average Bonchev–Trinajstić information content (AvgIpc) is 3.19. The Morgan fingerprint density at radius 1 is 1.52 bits per heavy atom. The minimum absolute atomic E-state index is 0.0967. The number of nitrogens with zero attached hydrogens (tertiary/aromatic N) is 4. The molecule has 3 rings (SSSR count). The number of carbonyl (C=O) groups excluding carboxylic acids is 1. The van der Waals surface area contributed by atoms with E-state index in [0.717, 1.165) is 24.2 Å². The Morgan fingerprint density at radius 3 is 3.04 bits per heavy atom. The molecule has 0 bridgehead atoms. The average molecular weight is 355 g/mol. The molecule has 1 N–H and O–H groups in total. The smallest absolute Gasteiger partial charge is 0.254 e. The quantitative estimate of drug-likeness (QED) is 0.868. The van der Waals surface area contributed by atoms with Gasteiger partial charge in [-0.2, -0.15) is 4.31 Å². The second-order valence-electron chi connectivity index (χ2n) is 5.34. The fraction of sp³-hybridized carbons (Fsp3) is 0.462. The van der Waals surface area contributed by atoms with E-state index in [9.17, 15) is 13.2 Å². The van der Waals surface area contributed by atoms with Crippen molar-refractivity contribution < 1.29 is 13.2 Å². The number of hydrogen-bond acceptors (Lipinski definition) is 6. The van der Waals surface area contributed by atoms with Gasteiger partial charge in [0.1, 0.15) is 0 Å². The van der Waals surface area contributed by atoms with Crippen molar-refractivity contribution in [2.75, 3.05) is 11.9 Å². The lowest BCUT2D eigenvalue weighted by Crippen LogP contribution is -2.37. The highest BCUT2D eigenvalue weighted by Crippen LogP contribution is 2.31. The van der Waals surface area contributed by atoms with E-state index in [0.29, 0.717) is 18.2 Å². The van der Waals surface area contributed by atoms with Crippen molar-refractivity contribution in [2.24, 2.45) is 0 Å². The van der Waals surface area contributed by atoms with Gasteiger partial charge in [0.05, 0.1) is 12.5 Å². The number of imidazole rings is 1. The van der Waals surface area contributed by atoms with Gasteiger partial charge in [0.15, 0.2) is 9.34 Å². The number of anilines is 1. The minimum Gasteiger partial charge on any atom is -0.336 e. The molecule has 0 aliphatic carbocycles. The fourth-order valence-corrected chi connectivity index (χ4v) is 5.54. The molecule has 1 fully saturated rings. The van der Waals surface area contributed by atoms with Gasteiger partial charge in [0, 0.05) is 38.4 Å². The van der Waals surface area contributed by atoms with Crippen LogP contribution >= 0.6 is 11.3 Å². The Kier molecular flexibility index (Phi) is 4.46. The van der Waals surface area contributed by atoms with E-state index in [1.807, 2.05) is 10.8 Å². The highest BCUT2D eigenvalue weighted by atomic mass is 32.2. The van der Waals surface area contributed by atoms with Crippen molar-refractivity contribution in [1.82, 2.24) is 18.8 Å². The van der Waals surface area contributed by atoms with Gasteiger partial charge < -0.3 is 9.88 Å². The molecule has 124 valence electrons. The molecule has 0 spiro atoms. The van der Waals surface area contributed by atoms with Gasteiger partial charge >= 0.3 is 0 Å². The summed E-state index contributed by atoms with van der Waals surface area (Å²) in [5, 5.41) is 2.80. The van der Waals surface area contributed by atoms with E-state index in [1.165, 1.54) is 17.4 Å². The van der Waals surface area contributed by atoms with Crippen LogP contribution in [0.3, 0.4) is 0 Å². The summed E-state index contributed by atoms with van der Waals surface area (Å²) in [7, 11) is -3.60. The molecule has 10 heteroatoms. The number of aromatic nitrogens is 3. The van der Waals surface area contributed by atoms with Crippen molar-refractivity contribution >= 4 is 32.4 Å². The van der Waals surface area contributed by atoms with Crippen LogP contribution in [0.2, 0.25) is 0 Å². The Morgan fingerprint density at radius 2 is 2.35 bits per heavy atom. The van der Waals surface area contributed by atoms with Crippen LogP contribution in [0.25, 0.3) is 0 Å². The largest absolute Gasteiger partial charge is 0.336 e. The van der Waals surface area contributed by atoms with Gasteiger partial charge in [-0.05, 0) is 12.8 Å². The molecule has 0 radical (unpaired) electrons. The van der Waals surface area contributed by atoms with Gasteiger partial charge in [-0.1, -0.05) is 11.3 Å². The molecule has 1 saturated heterocycles. The molecule has 1 amide bonds. The van der Waals surface area contributed by atoms with Crippen LogP contribution in [-0.4, -0.2) is 45.8 Å². The Bertz CT molecular complexity index is 784. The second kappa shape index (κ2) is 6.38. The standard InChI is InChI=1S/C13H17N5O3S2/c1-10(19)16-13-15-7-12(22-13)23(20,21)18-5-2-3-11(18)8-17-6-4-14-9-17/h4,6-7,9,11H,2-3,5,8H2,1H3,(H,15,16,19). The maximum absolute atomic E-state index is 12.8. The van der Waals surface area contributed by atoms with Crippen LogP contribution in [0, 0.1) is 0 Å². The van der Waals surface area contributed by atoms with E-state index < -0.39 is 10.0 Å². The molecule has 8 nitrogen and oxygen atoms in total. The topological polar surface area (TPSA) is 97.2 Å². The molecule has 0 aromatic carbocycles. The molecule has 2 aromatic heterocycles. The van der Waals surface area contributed by atoms with Crippen LogP contribution in [0.5, 0.6) is 0 Å². The first-order valence-corrected chi connectivity index (χ1v) is 9.43. The van der Waals surface area contributed by atoms with Crippen molar-refractivity contribution in [1.29, 1.82) is 0 Å². The maximum Gasteiger partial charge on any atom is 0.254 e. The normalized spacial score (nSPS) is 19.1. The van der Waals surface area contributed by atoms with Gasteiger partial charge in [0.25, 0.3) is 10.0 Å². The third-order valence-electron chi connectivity index (χ3n) is 3.63. The Labute approximate surface area is 138 Å². The number of nitrogens with one attached hydrogen (secondary N) is 1. The predicted molar refractivity (Wildman–Crippen MR) is 85.6 cm³/mol. The third kappa shape index (κ3) is 3.43. The number of amides is 1. The second-order valence-corrected chi connectivity index (χ2v) is 8.48. The maximum atomic E-state index is 12.8. The fourth-order valence-electron chi connectivity index (χ4n) is 2.65. The zero-order chi connectivity index (χ0) is 16.4. The minimum atomic E-state index is -3.60. The molecule has 0 saturated carbocycles. The molecular formula is C13H17N5O3S2. The number of rotatable bonds is 5. The summed E-state index contributed by atoms with van der Waals surface area (Å²) in [6.45, 7) is 2.43. The van der Waals surface area contributed by atoms with E-state index >= 15 is 0 Å². The van der Waals surface area contributed by atoms with E-state index in [1.54, 1.807) is 12.5 Å². The first-order chi connectivity index (χ1) is 11.0. The zero-order valence-electron chi connectivity index (χ0n) is 12.5. The summed E-state index contributed by atoms with van der Waals surface area (Å²) in [5.74, 6) is -0.276. The Hall–Kier alpha value is -1.78. The molecule has 1 aliphatic rings. The summed E-state index contributed by atoms with van der Waals surface area (Å²) in [6, 6.07) is -0.0967. The van der Waals surface area contributed by atoms with Gasteiger partial charge in [-0.25, -0.2) is 18.4 Å². The first kappa shape index (κ1) is 16.1. The summed E-state index contributed by atoms with van der Waals surface area (Å²) in [5.41, 5.74) is 0. The van der Waals surface area contributed by atoms with Crippen molar-refractivity contribution in [3.8, 4) is 0 Å². The lowest BCUT2D eigenvalue weighted by atomic mass is 10.2. The number of sulfonamides is 1. The predicted octanol–water partition coefficient (Wildman–Crippen LogP) is 1.15. The van der Waals surface area contributed by atoms with Crippen LogP contribution in [0.1, 0.15) is 19.8 Å². The molecule has 3 heterocycles. The van der Waals surface area contributed by atoms with Crippen molar-refractivity contribution in [3.05, 3.63) is 24.9 Å². The van der Waals surface area contributed by atoms with Crippen LogP contribution in [0.4, 0.5) is 5.13 Å². The van der Waals surface area contributed by atoms with Gasteiger partial charge in [-0.15, -0.1) is 0 Å². The van der Waals surface area contributed by atoms with Gasteiger partial charge in [0.2, 0.25) is 5.91 Å². The third-order valence-corrected chi connectivity index (χ3v) is 6.94. The van der Waals surface area contributed by atoms with Crippen molar-refractivity contribution in [3.63, 3.8) is 0 Å². The molecule has 1 aliphatic heterocycles. The van der Waals surface area contributed by atoms with Gasteiger partial charge in [-0.3, -0.25) is 4.79 Å². The summed E-state index contributed by atoms with van der Waals surface area (Å²) in [6.07, 6.45) is 8.13. The lowest BCUT2D eigenvalue weighted by molar-refractivity contribution is -0.114. The molecule has 2 aromatic rings. The SMILES string of the molecule is CC(=O)Nc1ncc(S(=O)(=O)N2CCCC2Cn2ccnc2)s1. The number of thiazole rings is 1. The van der Waals surface area contributed by atoms with Crippen LogP contribution in [-0.2, 0) is 21.4 Å². The molecule has 23 heavy (non-hydrogen) atoms. The van der Waals surface area contributed by atoms with E-state index in [2.05, 4.69) is 15.3 Å². The number of hydrogen-bond donors (Lipinski definition) is 1. The highest BCUT2D eigenvalue weighted by molar-refractivity contribution is 7.91. The van der Waals surface area contributed by atoms with Crippen molar-refractivity contribution in [2.45, 2.75) is 36.6 Å². The highest BCUT2D eigenvalue weighted by Gasteiger charge is 2.36. The van der Waals surface area contributed by atoms with Crippen LogP contribution < -0.4 is 5.32 Å². The van der Waals surface area contributed by atoms with E-state index in [4.69, 9.17) is 0 Å². The zero-order valence-corrected chi connectivity index (χ0v) is 14.2. The summed E-state index contributed by atoms with van der Waals surface area (Å²) < 4.78 is 29.2. The van der Waals surface area contributed by atoms with Crippen LogP contribution in [0.15, 0.2) is 29.1 Å². The summed E-state index contributed by atoms with van der Waals surface area (Å²) >= 11 is 0.973. The molecule has 1 unspecified atom stereocenters. The number of carbonyl (C=O) groups is 1. The first-order valence-electron chi connectivity index (χ1n) is 7.18. The Balaban J connectivity index is 1.80. The lowest BCUT2D eigenvalue weighted by Gasteiger charge is -2.23. The summed E-state index contributed by atoms with van der Waals surface area (Å²) in [4.78, 5) is 19.0. The molecule has 1 atom stereocenters. The van der Waals surface area contributed by atoms with E-state index in [-0.39, 0.29) is 16.2 Å².